The summed E-state index contributed by atoms with van der Waals surface area (Å²) in [5.41, 5.74) is 0.910. The average molecular weight is 260 g/mol. The van der Waals surface area contributed by atoms with Crippen LogP contribution >= 0.6 is 0 Å². The molecular formula is C15H20N2O2. The standard InChI is InChI=1S/C15H20N2O2/c1-4-6-9-12-11-8-7-10-13(19-3)14(11)15(18)17(5-2)16-12/h7-8,10H,4-6,9H2,1-3H3. The van der Waals surface area contributed by atoms with Crippen molar-refractivity contribution in [3.63, 3.8) is 0 Å². The minimum absolute atomic E-state index is 0.0739. The van der Waals surface area contributed by atoms with E-state index in [1.807, 2.05) is 25.1 Å². The van der Waals surface area contributed by atoms with Gasteiger partial charge in [-0.2, -0.15) is 5.10 Å². The van der Waals surface area contributed by atoms with E-state index in [2.05, 4.69) is 12.0 Å². The first-order valence-corrected chi connectivity index (χ1v) is 6.79. The lowest BCUT2D eigenvalue weighted by molar-refractivity contribution is 0.418. The van der Waals surface area contributed by atoms with Crippen molar-refractivity contribution in [3.05, 3.63) is 34.2 Å². The Hall–Kier alpha value is -1.84. The molecule has 0 atom stereocenters. The van der Waals surface area contributed by atoms with Crippen LogP contribution in [0.1, 0.15) is 32.4 Å². The molecule has 2 aromatic rings. The Morgan fingerprint density at radius 1 is 1.32 bits per heavy atom. The molecule has 0 aliphatic rings. The minimum Gasteiger partial charge on any atom is -0.496 e. The van der Waals surface area contributed by atoms with Crippen LogP contribution in [-0.4, -0.2) is 16.9 Å². The van der Waals surface area contributed by atoms with Crippen LogP contribution in [-0.2, 0) is 13.0 Å². The van der Waals surface area contributed by atoms with E-state index in [1.54, 1.807) is 7.11 Å². The molecule has 0 spiro atoms. The molecular weight excluding hydrogens is 240 g/mol. The molecule has 0 fully saturated rings. The number of rotatable bonds is 5. The maximum atomic E-state index is 12.4. The number of aryl methyl sites for hydroxylation is 2. The molecule has 0 aliphatic carbocycles. The summed E-state index contributed by atoms with van der Waals surface area (Å²) in [6.07, 6.45) is 3.07. The second-order valence-electron chi connectivity index (χ2n) is 4.55. The molecule has 0 radical (unpaired) electrons. The van der Waals surface area contributed by atoms with Crippen LogP contribution in [0.4, 0.5) is 0 Å². The summed E-state index contributed by atoms with van der Waals surface area (Å²) in [6.45, 7) is 4.66. The summed E-state index contributed by atoms with van der Waals surface area (Å²) in [7, 11) is 1.59. The minimum atomic E-state index is -0.0739. The predicted molar refractivity (Wildman–Crippen MR) is 76.8 cm³/mol. The molecule has 1 heterocycles. The van der Waals surface area contributed by atoms with Gasteiger partial charge in [-0.15, -0.1) is 0 Å². The third-order valence-corrected chi connectivity index (χ3v) is 3.31. The fraction of sp³-hybridized carbons (Fsp3) is 0.467. The summed E-state index contributed by atoms with van der Waals surface area (Å²) >= 11 is 0. The Balaban J connectivity index is 2.75. The third-order valence-electron chi connectivity index (χ3n) is 3.31. The molecule has 0 amide bonds. The highest BCUT2D eigenvalue weighted by atomic mass is 16.5. The zero-order valence-corrected chi connectivity index (χ0v) is 11.8. The topological polar surface area (TPSA) is 44.1 Å². The van der Waals surface area contributed by atoms with E-state index in [9.17, 15) is 4.79 Å². The summed E-state index contributed by atoms with van der Waals surface area (Å²) in [6, 6.07) is 5.69. The first-order valence-electron chi connectivity index (χ1n) is 6.79. The molecule has 4 nitrogen and oxygen atoms in total. The average Bonchev–Trinajstić information content (AvgIpc) is 2.46. The van der Waals surface area contributed by atoms with Crippen molar-refractivity contribution >= 4 is 10.8 Å². The number of methoxy groups -OCH3 is 1. The quantitative estimate of drug-likeness (QED) is 0.830. The maximum absolute atomic E-state index is 12.4. The fourth-order valence-electron chi connectivity index (χ4n) is 2.28. The molecule has 1 aromatic carbocycles. The van der Waals surface area contributed by atoms with Crippen molar-refractivity contribution in [2.45, 2.75) is 39.7 Å². The van der Waals surface area contributed by atoms with Crippen LogP contribution < -0.4 is 10.3 Å². The second-order valence-corrected chi connectivity index (χ2v) is 4.55. The van der Waals surface area contributed by atoms with Gasteiger partial charge in [-0.25, -0.2) is 4.68 Å². The van der Waals surface area contributed by atoms with Crippen molar-refractivity contribution in [2.75, 3.05) is 7.11 Å². The number of hydrogen-bond donors (Lipinski definition) is 0. The van der Waals surface area contributed by atoms with E-state index in [-0.39, 0.29) is 5.56 Å². The van der Waals surface area contributed by atoms with Crippen LogP contribution in [0.25, 0.3) is 10.8 Å². The molecule has 0 bridgehead atoms. The molecule has 4 heteroatoms. The molecule has 0 saturated heterocycles. The highest BCUT2D eigenvalue weighted by Crippen LogP contribution is 2.24. The van der Waals surface area contributed by atoms with Crippen molar-refractivity contribution in [1.29, 1.82) is 0 Å². The van der Waals surface area contributed by atoms with Gasteiger partial charge in [-0.1, -0.05) is 25.5 Å². The lowest BCUT2D eigenvalue weighted by Crippen LogP contribution is -2.24. The van der Waals surface area contributed by atoms with E-state index in [1.165, 1.54) is 4.68 Å². The normalized spacial score (nSPS) is 10.9. The number of aromatic nitrogens is 2. The smallest absolute Gasteiger partial charge is 0.278 e. The Labute approximate surface area is 113 Å². The Bertz CT molecular complexity index is 632. The number of nitrogens with zero attached hydrogens (tertiary/aromatic N) is 2. The molecule has 0 N–H and O–H groups in total. The molecule has 0 unspecified atom stereocenters. The van der Waals surface area contributed by atoms with Gasteiger partial charge in [0.25, 0.3) is 5.56 Å². The largest absolute Gasteiger partial charge is 0.496 e. The van der Waals surface area contributed by atoms with Crippen LogP contribution in [0.5, 0.6) is 5.75 Å². The van der Waals surface area contributed by atoms with Gasteiger partial charge in [0.05, 0.1) is 18.2 Å². The number of ether oxygens (including phenoxy) is 1. The van der Waals surface area contributed by atoms with Crippen molar-refractivity contribution in [3.8, 4) is 5.75 Å². The highest BCUT2D eigenvalue weighted by molar-refractivity contribution is 5.89. The summed E-state index contributed by atoms with van der Waals surface area (Å²) in [5.74, 6) is 0.629. The zero-order chi connectivity index (χ0) is 13.8. The Kier molecular flexibility index (Phi) is 4.20. The van der Waals surface area contributed by atoms with Gasteiger partial charge in [-0.3, -0.25) is 4.79 Å². The van der Waals surface area contributed by atoms with E-state index in [4.69, 9.17) is 4.74 Å². The highest BCUT2D eigenvalue weighted by Gasteiger charge is 2.13. The number of unbranched alkanes of at least 4 members (excludes halogenated alkanes) is 1. The first-order chi connectivity index (χ1) is 9.22. The van der Waals surface area contributed by atoms with Gasteiger partial charge >= 0.3 is 0 Å². The van der Waals surface area contributed by atoms with Crippen LogP contribution in [0.15, 0.2) is 23.0 Å². The molecule has 1 aromatic heterocycles. The van der Waals surface area contributed by atoms with Gasteiger partial charge in [-0.05, 0) is 25.8 Å². The van der Waals surface area contributed by atoms with Crippen molar-refractivity contribution in [1.82, 2.24) is 9.78 Å². The maximum Gasteiger partial charge on any atom is 0.278 e. The van der Waals surface area contributed by atoms with Crippen LogP contribution in [0.2, 0.25) is 0 Å². The van der Waals surface area contributed by atoms with E-state index in [0.29, 0.717) is 17.7 Å². The third kappa shape index (κ3) is 2.48. The molecule has 0 aliphatic heterocycles. The molecule has 0 saturated carbocycles. The number of benzene rings is 1. The molecule has 102 valence electrons. The van der Waals surface area contributed by atoms with Gasteiger partial charge in [0.2, 0.25) is 0 Å². The van der Waals surface area contributed by atoms with E-state index in [0.717, 1.165) is 30.3 Å². The Morgan fingerprint density at radius 2 is 2.11 bits per heavy atom. The molecule has 2 rings (SSSR count). The summed E-state index contributed by atoms with van der Waals surface area (Å²) in [5, 5.41) is 6.05. The number of fused-ring (bicyclic) bond motifs is 1. The Morgan fingerprint density at radius 3 is 2.74 bits per heavy atom. The van der Waals surface area contributed by atoms with Gasteiger partial charge in [0, 0.05) is 11.9 Å². The van der Waals surface area contributed by atoms with Gasteiger partial charge < -0.3 is 4.74 Å². The second kappa shape index (κ2) is 5.87. The van der Waals surface area contributed by atoms with E-state index >= 15 is 0 Å². The summed E-state index contributed by atoms with van der Waals surface area (Å²) < 4.78 is 6.85. The van der Waals surface area contributed by atoms with Gasteiger partial charge in [0.15, 0.2) is 0 Å². The first kappa shape index (κ1) is 13.6. The molecule has 19 heavy (non-hydrogen) atoms. The van der Waals surface area contributed by atoms with Crippen molar-refractivity contribution in [2.24, 2.45) is 0 Å². The SMILES string of the molecule is CCCCc1nn(CC)c(=O)c2c(OC)cccc12. The van der Waals surface area contributed by atoms with Gasteiger partial charge in [0.1, 0.15) is 5.75 Å². The zero-order valence-electron chi connectivity index (χ0n) is 11.8. The van der Waals surface area contributed by atoms with E-state index < -0.39 is 0 Å². The monoisotopic (exact) mass is 260 g/mol. The summed E-state index contributed by atoms with van der Waals surface area (Å²) in [4.78, 5) is 12.4. The fourth-order valence-corrected chi connectivity index (χ4v) is 2.28. The van der Waals surface area contributed by atoms with Crippen LogP contribution in [0.3, 0.4) is 0 Å². The lowest BCUT2D eigenvalue weighted by Gasteiger charge is -2.11. The number of hydrogen-bond acceptors (Lipinski definition) is 3. The van der Waals surface area contributed by atoms with Crippen molar-refractivity contribution < 1.29 is 4.74 Å². The predicted octanol–water partition coefficient (Wildman–Crippen LogP) is 2.77. The van der Waals surface area contributed by atoms with Crippen LogP contribution in [0, 0.1) is 0 Å². The lowest BCUT2D eigenvalue weighted by atomic mass is 10.1.